The first-order valence-corrected chi connectivity index (χ1v) is 6.15. The van der Waals surface area contributed by atoms with Gasteiger partial charge in [-0.15, -0.1) is 11.3 Å². The molecule has 0 spiro atoms. The molecule has 2 heterocycles. The number of carbonyl (C=O) groups excluding carboxylic acids is 3. The fourth-order valence-electron chi connectivity index (χ4n) is 1.85. The van der Waals surface area contributed by atoms with Gasteiger partial charge in [0.25, 0.3) is 0 Å². The molecule has 0 aliphatic carbocycles. The van der Waals surface area contributed by atoms with Crippen LogP contribution in [0.15, 0.2) is 17.5 Å². The Balaban J connectivity index is 2.28. The van der Waals surface area contributed by atoms with Gasteiger partial charge in [0.2, 0.25) is 11.8 Å². The molecule has 1 aromatic heterocycles. The number of nitrogens with one attached hydrogen (secondary N) is 1. The first kappa shape index (κ1) is 12.6. The van der Waals surface area contributed by atoms with Gasteiger partial charge in [0, 0.05) is 6.92 Å². The highest BCUT2D eigenvalue weighted by atomic mass is 32.1. The van der Waals surface area contributed by atoms with Gasteiger partial charge in [0.05, 0.1) is 12.1 Å². The first-order valence-electron chi connectivity index (χ1n) is 5.27. The molecule has 1 aliphatic rings. The standard InChI is InChI=1S/C11H12N2O4S/c1-6(14)13(7-4-3-5-18-7)9-8(11(16)17-2)12-10(9)15/h3-5,8-9H,1-2H3,(H,12,15). The van der Waals surface area contributed by atoms with Crippen LogP contribution in [0.2, 0.25) is 0 Å². The molecule has 0 bridgehead atoms. The van der Waals surface area contributed by atoms with Crippen LogP contribution in [-0.2, 0) is 19.1 Å². The van der Waals surface area contributed by atoms with Gasteiger partial charge in [0.15, 0.2) is 6.04 Å². The monoisotopic (exact) mass is 268 g/mol. The zero-order valence-corrected chi connectivity index (χ0v) is 10.7. The molecule has 2 atom stereocenters. The van der Waals surface area contributed by atoms with Crippen molar-refractivity contribution in [1.82, 2.24) is 5.32 Å². The van der Waals surface area contributed by atoms with E-state index < -0.39 is 18.1 Å². The molecule has 0 saturated carbocycles. The third kappa shape index (κ3) is 1.97. The molecule has 1 aliphatic heterocycles. The van der Waals surface area contributed by atoms with E-state index in [0.717, 1.165) is 0 Å². The Labute approximate surface area is 108 Å². The molecule has 1 fully saturated rings. The van der Waals surface area contributed by atoms with Crippen molar-refractivity contribution in [3.05, 3.63) is 17.5 Å². The lowest BCUT2D eigenvalue weighted by atomic mass is 9.97. The molecule has 0 radical (unpaired) electrons. The largest absolute Gasteiger partial charge is 0.467 e. The smallest absolute Gasteiger partial charge is 0.331 e. The summed E-state index contributed by atoms with van der Waals surface area (Å²) in [5.41, 5.74) is 0. The zero-order chi connectivity index (χ0) is 13.3. The van der Waals surface area contributed by atoms with Crippen LogP contribution < -0.4 is 10.2 Å². The van der Waals surface area contributed by atoms with Gasteiger partial charge in [-0.2, -0.15) is 0 Å². The number of thiophene rings is 1. The van der Waals surface area contributed by atoms with E-state index in [0.29, 0.717) is 5.00 Å². The lowest BCUT2D eigenvalue weighted by molar-refractivity contribution is -0.152. The molecule has 2 rings (SSSR count). The van der Waals surface area contributed by atoms with Gasteiger partial charge in [-0.25, -0.2) is 4.79 Å². The quantitative estimate of drug-likeness (QED) is 0.625. The van der Waals surface area contributed by atoms with Crippen molar-refractivity contribution >= 4 is 34.1 Å². The van der Waals surface area contributed by atoms with Crippen molar-refractivity contribution < 1.29 is 19.1 Å². The van der Waals surface area contributed by atoms with Gasteiger partial charge in [-0.1, -0.05) is 0 Å². The number of hydrogen-bond acceptors (Lipinski definition) is 5. The van der Waals surface area contributed by atoms with E-state index in [9.17, 15) is 14.4 Å². The fourth-order valence-corrected chi connectivity index (χ4v) is 2.66. The second kappa shape index (κ2) is 4.77. The van der Waals surface area contributed by atoms with Gasteiger partial charge >= 0.3 is 5.97 Å². The van der Waals surface area contributed by atoms with Crippen molar-refractivity contribution in [2.45, 2.75) is 19.0 Å². The van der Waals surface area contributed by atoms with Crippen LogP contribution in [0.5, 0.6) is 0 Å². The predicted molar refractivity (Wildman–Crippen MR) is 65.2 cm³/mol. The minimum absolute atomic E-state index is 0.286. The maximum Gasteiger partial charge on any atom is 0.331 e. The minimum atomic E-state index is -0.825. The van der Waals surface area contributed by atoms with Crippen molar-refractivity contribution in [2.75, 3.05) is 12.0 Å². The van der Waals surface area contributed by atoms with Crippen LogP contribution >= 0.6 is 11.3 Å². The number of hydrogen-bond donors (Lipinski definition) is 1. The summed E-state index contributed by atoms with van der Waals surface area (Å²) in [5, 5.41) is 4.87. The Morgan fingerprint density at radius 2 is 2.22 bits per heavy atom. The van der Waals surface area contributed by atoms with E-state index in [1.807, 2.05) is 0 Å². The molecule has 1 saturated heterocycles. The number of methoxy groups -OCH3 is 1. The number of carbonyl (C=O) groups is 3. The number of esters is 1. The van der Waals surface area contributed by atoms with E-state index in [2.05, 4.69) is 10.1 Å². The van der Waals surface area contributed by atoms with Crippen LogP contribution in [0.1, 0.15) is 6.92 Å². The Bertz CT molecular complexity index is 485. The van der Waals surface area contributed by atoms with E-state index in [-0.39, 0.29) is 11.8 Å². The molecule has 96 valence electrons. The molecule has 2 unspecified atom stereocenters. The Kier molecular flexibility index (Phi) is 3.33. The van der Waals surface area contributed by atoms with Crippen LogP contribution in [0, 0.1) is 0 Å². The number of amides is 2. The molecule has 7 heteroatoms. The molecule has 6 nitrogen and oxygen atoms in total. The lowest BCUT2D eigenvalue weighted by Crippen LogP contribution is -2.72. The maximum atomic E-state index is 11.7. The van der Waals surface area contributed by atoms with E-state index in [4.69, 9.17) is 0 Å². The summed E-state index contributed by atoms with van der Waals surface area (Å²) in [5.74, 6) is -1.19. The number of anilines is 1. The summed E-state index contributed by atoms with van der Waals surface area (Å²) in [6.45, 7) is 1.36. The van der Waals surface area contributed by atoms with Crippen molar-refractivity contribution in [2.24, 2.45) is 0 Å². The second-order valence-electron chi connectivity index (χ2n) is 3.79. The number of rotatable bonds is 3. The van der Waals surface area contributed by atoms with E-state index in [1.165, 1.54) is 30.3 Å². The summed E-state index contributed by atoms with van der Waals surface area (Å²) >= 11 is 1.33. The summed E-state index contributed by atoms with van der Waals surface area (Å²) < 4.78 is 4.59. The zero-order valence-electron chi connectivity index (χ0n) is 9.88. The molecule has 18 heavy (non-hydrogen) atoms. The molecule has 1 N–H and O–H groups in total. The van der Waals surface area contributed by atoms with Gasteiger partial charge in [-0.05, 0) is 17.5 Å². The number of β-lactam (4-membered cyclic amide) rings is 1. The Morgan fingerprint density at radius 3 is 2.67 bits per heavy atom. The first-order chi connectivity index (χ1) is 8.56. The minimum Gasteiger partial charge on any atom is -0.467 e. The Morgan fingerprint density at radius 1 is 1.50 bits per heavy atom. The summed E-state index contributed by atoms with van der Waals surface area (Å²) in [7, 11) is 1.24. The summed E-state index contributed by atoms with van der Waals surface area (Å²) in [6.07, 6.45) is 0. The van der Waals surface area contributed by atoms with Crippen molar-refractivity contribution in [3.8, 4) is 0 Å². The van der Waals surface area contributed by atoms with E-state index >= 15 is 0 Å². The summed E-state index contributed by atoms with van der Waals surface area (Å²) in [4.78, 5) is 36.1. The fraction of sp³-hybridized carbons (Fsp3) is 0.364. The van der Waals surface area contributed by atoms with Gasteiger partial charge in [0.1, 0.15) is 6.04 Å². The van der Waals surface area contributed by atoms with Crippen molar-refractivity contribution in [3.63, 3.8) is 0 Å². The Hall–Kier alpha value is -1.89. The second-order valence-corrected chi connectivity index (χ2v) is 4.72. The van der Waals surface area contributed by atoms with Crippen LogP contribution in [-0.4, -0.2) is 37.0 Å². The predicted octanol–water partition coefficient (Wildman–Crippen LogP) is 0.141. The lowest BCUT2D eigenvalue weighted by Gasteiger charge is -2.40. The van der Waals surface area contributed by atoms with Crippen LogP contribution in [0.3, 0.4) is 0 Å². The van der Waals surface area contributed by atoms with Gasteiger partial charge in [-0.3, -0.25) is 14.5 Å². The highest BCUT2D eigenvalue weighted by molar-refractivity contribution is 7.14. The summed E-state index contributed by atoms with van der Waals surface area (Å²) in [6, 6.07) is 1.88. The SMILES string of the molecule is COC(=O)C1NC(=O)C1N(C(C)=O)c1cccs1. The number of nitrogens with zero attached hydrogens (tertiary/aromatic N) is 1. The van der Waals surface area contributed by atoms with Crippen molar-refractivity contribution in [1.29, 1.82) is 0 Å². The normalized spacial score (nSPS) is 21.8. The maximum absolute atomic E-state index is 11.7. The average Bonchev–Trinajstić information content (AvgIpc) is 2.84. The van der Waals surface area contributed by atoms with E-state index in [1.54, 1.807) is 17.5 Å². The van der Waals surface area contributed by atoms with Crippen LogP contribution in [0.25, 0.3) is 0 Å². The average molecular weight is 268 g/mol. The van der Waals surface area contributed by atoms with Gasteiger partial charge < -0.3 is 10.1 Å². The number of ether oxygens (including phenoxy) is 1. The molecular formula is C11H12N2O4S. The molecular weight excluding hydrogens is 256 g/mol. The third-order valence-electron chi connectivity index (χ3n) is 2.70. The topological polar surface area (TPSA) is 75.7 Å². The third-order valence-corrected chi connectivity index (χ3v) is 3.57. The molecule has 1 aromatic rings. The highest BCUT2D eigenvalue weighted by Gasteiger charge is 2.50. The highest BCUT2D eigenvalue weighted by Crippen LogP contribution is 2.28. The molecule has 2 amide bonds. The molecule has 0 aromatic carbocycles. The van der Waals surface area contributed by atoms with Crippen LogP contribution in [0.4, 0.5) is 5.00 Å².